The normalized spacial score (nSPS) is 9.40. The molecule has 0 spiro atoms. The van der Waals surface area contributed by atoms with Crippen LogP contribution in [0.5, 0.6) is 0 Å². The summed E-state index contributed by atoms with van der Waals surface area (Å²) in [6.45, 7) is 2.67. The fourth-order valence-electron chi connectivity index (χ4n) is 1.32. The van der Waals surface area contributed by atoms with Crippen LogP contribution in [0.1, 0.15) is 11.4 Å². The average molecular weight is 196 g/mol. The minimum Gasteiger partial charge on any atom is -0.324 e. The number of imidazole rings is 1. The van der Waals surface area contributed by atoms with E-state index in [9.17, 15) is 0 Å². The maximum Gasteiger partial charge on any atom is 0.106 e. The van der Waals surface area contributed by atoms with Crippen LogP contribution in [-0.2, 0) is 6.54 Å². The molecule has 1 heterocycles. The van der Waals surface area contributed by atoms with Gasteiger partial charge in [0, 0.05) is 18.0 Å². The van der Waals surface area contributed by atoms with Crippen molar-refractivity contribution in [2.24, 2.45) is 0 Å². The third kappa shape index (κ3) is 2.47. The molecule has 0 unspecified atom stereocenters. The Morgan fingerprint density at radius 1 is 1.27 bits per heavy atom. The Morgan fingerprint density at radius 2 is 2.07 bits per heavy atom. The third-order valence-electron chi connectivity index (χ3n) is 2.18. The highest BCUT2D eigenvalue weighted by atomic mass is 15.0. The van der Waals surface area contributed by atoms with Gasteiger partial charge in [-0.25, -0.2) is 4.98 Å². The van der Waals surface area contributed by atoms with E-state index < -0.39 is 0 Å². The molecule has 0 radical (unpaired) electrons. The summed E-state index contributed by atoms with van der Waals surface area (Å²) in [6, 6.07) is 9.99. The predicted molar refractivity (Wildman–Crippen MR) is 60.3 cm³/mol. The summed E-state index contributed by atoms with van der Waals surface area (Å²) in [5, 5.41) is 0. The molecule has 2 rings (SSSR count). The standard InChI is InChI=1S/C13H12N2/c1-12-14-9-11-15(12)10-5-8-13-6-3-2-4-7-13/h2-4,6-7,9,11H,10H2,1H3. The van der Waals surface area contributed by atoms with Gasteiger partial charge in [-0.15, -0.1) is 0 Å². The van der Waals surface area contributed by atoms with Gasteiger partial charge in [-0.05, 0) is 19.1 Å². The smallest absolute Gasteiger partial charge is 0.106 e. The van der Waals surface area contributed by atoms with Gasteiger partial charge >= 0.3 is 0 Å². The van der Waals surface area contributed by atoms with Crippen LogP contribution in [0.15, 0.2) is 42.7 Å². The van der Waals surface area contributed by atoms with Crippen LogP contribution < -0.4 is 0 Å². The maximum atomic E-state index is 4.14. The van der Waals surface area contributed by atoms with Gasteiger partial charge in [0.15, 0.2) is 0 Å². The van der Waals surface area contributed by atoms with Crippen LogP contribution in [0.2, 0.25) is 0 Å². The van der Waals surface area contributed by atoms with Crippen molar-refractivity contribution in [3.63, 3.8) is 0 Å². The number of hydrogen-bond donors (Lipinski definition) is 0. The Hall–Kier alpha value is -2.01. The minimum absolute atomic E-state index is 0.695. The Bertz CT molecular complexity index is 486. The molecule has 0 N–H and O–H groups in total. The van der Waals surface area contributed by atoms with E-state index in [0.29, 0.717) is 6.54 Å². The molecule has 2 heteroatoms. The average Bonchev–Trinajstić information content (AvgIpc) is 2.66. The van der Waals surface area contributed by atoms with E-state index in [2.05, 4.69) is 16.8 Å². The summed E-state index contributed by atoms with van der Waals surface area (Å²) < 4.78 is 2.02. The first-order valence-corrected chi connectivity index (χ1v) is 4.88. The number of aryl methyl sites for hydroxylation is 1. The molecule has 0 aliphatic heterocycles. The Labute approximate surface area is 89.6 Å². The van der Waals surface area contributed by atoms with Crippen molar-refractivity contribution in [3.8, 4) is 11.8 Å². The van der Waals surface area contributed by atoms with Crippen LogP contribution in [0.25, 0.3) is 0 Å². The molecule has 0 saturated heterocycles. The second kappa shape index (κ2) is 4.47. The van der Waals surface area contributed by atoms with E-state index in [-0.39, 0.29) is 0 Å². The van der Waals surface area contributed by atoms with Gasteiger partial charge in [0.05, 0.1) is 6.54 Å². The molecule has 1 aromatic heterocycles. The molecule has 15 heavy (non-hydrogen) atoms. The van der Waals surface area contributed by atoms with Crippen LogP contribution in [0.3, 0.4) is 0 Å². The van der Waals surface area contributed by atoms with Gasteiger partial charge < -0.3 is 4.57 Å². The fraction of sp³-hybridized carbons (Fsp3) is 0.154. The Morgan fingerprint density at radius 3 is 2.73 bits per heavy atom. The first-order valence-electron chi connectivity index (χ1n) is 4.88. The van der Waals surface area contributed by atoms with Crippen LogP contribution in [-0.4, -0.2) is 9.55 Å². The Balaban J connectivity index is 2.06. The molecule has 2 nitrogen and oxygen atoms in total. The lowest BCUT2D eigenvalue weighted by atomic mass is 10.2. The molecule has 2 aromatic rings. The maximum absolute atomic E-state index is 4.14. The summed E-state index contributed by atoms with van der Waals surface area (Å²) in [5.41, 5.74) is 1.05. The van der Waals surface area contributed by atoms with E-state index in [0.717, 1.165) is 11.4 Å². The SMILES string of the molecule is Cc1nccn1CC#Cc1ccccc1. The molecule has 0 bridgehead atoms. The summed E-state index contributed by atoms with van der Waals surface area (Å²) in [4.78, 5) is 4.14. The van der Waals surface area contributed by atoms with E-state index >= 15 is 0 Å². The zero-order valence-corrected chi connectivity index (χ0v) is 8.64. The lowest BCUT2D eigenvalue weighted by molar-refractivity contribution is 0.797. The first kappa shape index (κ1) is 9.54. The predicted octanol–water partition coefficient (Wildman–Crippen LogP) is 2.24. The van der Waals surface area contributed by atoms with Crippen molar-refractivity contribution >= 4 is 0 Å². The molecule has 0 atom stereocenters. The topological polar surface area (TPSA) is 17.8 Å². The van der Waals surface area contributed by atoms with Crippen molar-refractivity contribution in [2.75, 3.05) is 0 Å². The van der Waals surface area contributed by atoms with Crippen LogP contribution in [0.4, 0.5) is 0 Å². The summed E-state index contributed by atoms with van der Waals surface area (Å²) in [7, 11) is 0. The molecule has 0 amide bonds. The molecular weight excluding hydrogens is 184 g/mol. The van der Waals surface area contributed by atoms with Gasteiger partial charge in [-0.3, -0.25) is 0 Å². The van der Waals surface area contributed by atoms with Crippen molar-refractivity contribution < 1.29 is 0 Å². The number of hydrogen-bond acceptors (Lipinski definition) is 1. The highest BCUT2D eigenvalue weighted by molar-refractivity contribution is 5.33. The second-order valence-corrected chi connectivity index (χ2v) is 3.27. The number of rotatable bonds is 1. The fourth-order valence-corrected chi connectivity index (χ4v) is 1.32. The number of nitrogens with zero attached hydrogens (tertiary/aromatic N) is 2. The third-order valence-corrected chi connectivity index (χ3v) is 2.18. The van der Waals surface area contributed by atoms with Crippen molar-refractivity contribution in [1.29, 1.82) is 0 Å². The first-order chi connectivity index (χ1) is 7.36. The molecule has 74 valence electrons. The molecule has 0 aliphatic carbocycles. The number of aromatic nitrogens is 2. The largest absolute Gasteiger partial charge is 0.324 e. The van der Waals surface area contributed by atoms with Crippen LogP contribution in [0, 0.1) is 18.8 Å². The van der Waals surface area contributed by atoms with E-state index in [1.807, 2.05) is 48.0 Å². The lowest BCUT2D eigenvalue weighted by Crippen LogP contribution is -1.96. The summed E-state index contributed by atoms with van der Waals surface area (Å²) in [6.07, 6.45) is 3.73. The molecule has 0 saturated carbocycles. The van der Waals surface area contributed by atoms with Gasteiger partial charge in [0.25, 0.3) is 0 Å². The summed E-state index contributed by atoms with van der Waals surface area (Å²) >= 11 is 0. The van der Waals surface area contributed by atoms with E-state index in [1.165, 1.54) is 0 Å². The summed E-state index contributed by atoms with van der Waals surface area (Å²) in [5.74, 6) is 7.23. The second-order valence-electron chi connectivity index (χ2n) is 3.27. The lowest BCUT2D eigenvalue weighted by Gasteiger charge is -1.96. The van der Waals surface area contributed by atoms with Crippen molar-refractivity contribution in [1.82, 2.24) is 9.55 Å². The van der Waals surface area contributed by atoms with Crippen molar-refractivity contribution in [2.45, 2.75) is 13.5 Å². The molecule has 1 aromatic carbocycles. The zero-order valence-electron chi connectivity index (χ0n) is 8.64. The molecule has 0 aliphatic rings. The number of benzene rings is 1. The van der Waals surface area contributed by atoms with E-state index in [1.54, 1.807) is 6.20 Å². The Kier molecular flexibility index (Phi) is 2.85. The monoisotopic (exact) mass is 196 g/mol. The zero-order chi connectivity index (χ0) is 10.5. The van der Waals surface area contributed by atoms with Gasteiger partial charge in [0.2, 0.25) is 0 Å². The quantitative estimate of drug-likeness (QED) is 0.640. The van der Waals surface area contributed by atoms with E-state index in [4.69, 9.17) is 0 Å². The van der Waals surface area contributed by atoms with Gasteiger partial charge in [0.1, 0.15) is 5.82 Å². The van der Waals surface area contributed by atoms with Gasteiger partial charge in [-0.2, -0.15) is 0 Å². The highest BCUT2D eigenvalue weighted by Crippen LogP contribution is 1.96. The van der Waals surface area contributed by atoms with Crippen molar-refractivity contribution in [3.05, 3.63) is 54.1 Å². The minimum atomic E-state index is 0.695. The highest BCUT2D eigenvalue weighted by Gasteiger charge is 1.91. The van der Waals surface area contributed by atoms with Crippen LogP contribution >= 0.6 is 0 Å². The van der Waals surface area contributed by atoms with Gasteiger partial charge in [-0.1, -0.05) is 30.0 Å². The molecular formula is C13H12N2. The molecule has 0 fully saturated rings.